The highest BCUT2D eigenvalue weighted by molar-refractivity contribution is 6.31. The standard InChI is InChI=1S/C14H18ClNO3/c15-10-3-6-13(18)12(7-10)14(19)16-11-4-1-9(8-17)2-5-11/h3,6-7,9,11,17-18H,1-2,4-5,8H2,(H,16,19). The summed E-state index contributed by atoms with van der Waals surface area (Å²) in [6.07, 6.45) is 3.56. The zero-order chi connectivity index (χ0) is 13.8. The Balaban J connectivity index is 1.96. The van der Waals surface area contributed by atoms with Crippen molar-refractivity contribution in [2.24, 2.45) is 5.92 Å². The van der Waals surface area contributed by atoms with Gasteiger partial charge in [0.25, 0.3) is 5.91 Å². The largest absolute Gasteiger partial charge is 0.507 e. The van der Waals surface area contributed by atoms with Crippen molar-refractivity contribution >= 4 is 17.5 Å². The molecule has 2 rings (SSSR count). The number of aliphatic hydroxyl groups is 1. The first-order valence-electron chi connectivity index (χ1n) is 6.50. The molecule has 0 bridgehead atoms. The Labute approximate surface area is 117 Å². The smallest absolute Gasteiger partial charge is 0.255 e. The molecular weight excluding hydrogens is 266 g/mol. The molecule has 5 heteroatoms. The second kappa shape index (κ2) is 6.26. The topological polar surface area (TPSA) is 69.6 Å². The van der Waals surface area contributed by atoms with Crippen LogP contribution in [0.15, 0.2) is 18.2 Å². The zero-order valence-electron chi connectivity index (χ0n) is 10.6. The van der Waals surface area contributed by atoms with Crippen LogP contribution >= 0.6 is 11.6 Å². The third kappa shape index (κ3) is 3.61. The quantitative estimate of drug-likeness (QED) is 0.797. The number of phenols is 1. The SMILES string of the molecule is O=C(NC1CCC(CO)CC1)c1cc(Cl)ccc1O. The van der Waals surface area contributed by atoms with Crippen LogP contribution in [-0.4, -0.2) is 28.8 Å². The zero-order valence-corrected chi connectivity index (χ0v) is 11.4. The highest BCUT2D eigenvalue weighted by Crippen LogP contribution is 2.25. The predicted molar refractivity (Wildman–Crippen MR) is 73.4 cm³/mol. The van der Waals surface area contributed by atoms with E-state index in [4.69, 9.17) is 16.7 Å². The molecule has 1 aromatic rings. The van der Waals surface area contributed by atoms with Gasteiger partial charge < -0.3 is 15.5 Å². The molecule has 0 heterocycles. The molecule has 1 saturated carbocycles. The van der Waals surface area contributed by atoms with E-state index in [2.05, 4.69) is 5.32 Å². The van der Waals surface area contributed by atoms with Gasteiger partial charge in [0.05, 0.1) is 5.56 Å². The van der Waals surface area contributed by atoms with Crippen LogP contribution in [0.2, 0.25) is 5.02 Å². The molecule has 1 fully saturated rings. The van der Waals surface area contributed by atoms with Crippen molar-refractivity contribution in [2.75, 3.05) is 6.61 Å². The van der Waals surface area contributed by atoms with Crippen LogP contribution in [0.1, 0.15) is 36.0 Å². The second-order valence-electron chi connectivity index (χ2n) is 5.04. The molecule has 1 amide bonds. The summed E-state index contributed by atoms with van der Waals surface area (Å²) < 4.78 is 0. The first-order valence-corrected chi connectivity index (χ1v) is 6.88. The maximum Gasteiger partial charge on any atom is 0.255 e. The Morgan fingerprint density at radius 3 is 2.63 bits per heavy atom. The minimum atomic E-state index is -0.299. The van der Waals surface area contributed by atoms with Gasteiger partial charge >= 0.3 is 0 Å². The van der Waals surface area contributed by atoms with Crippen LogP contribution in [-0.2, 0) is 0 Å². The summed E-state index contributed by atoms with van der Waals surface area (Å²) >= 11 is 5.82. The molecular formula is C14H18ClNO3. The van der Waals surface area contributed by atoms with Gasteiger partial charge in [0.1, 0.15) is 5.75 Å². The van der Waals surface area contributed by atoms with Gasteiger partial charge in [0.2, 0.25) is 0 Å². The van der Waals surface area contributed by atoms with E-state index in [1.54, 1.807) is 6.07 Å². The molecule has 0 unspecified atom stereocenters. The van der Waals surface area contributed by atoms with Gasteiger partial charge in [0, 0.05) is 17.7 Å². The van der Waals surface area contributed by atoms with Crippen molar-refractivity contribution in [1.82, 2.24) is 5.32 Å². The molecule has 104 valence electrons. The average molecular weight is 284 g/mol. The molecule has 0 aromatic heterocycles. The number of carbonyl (C=O) groups excluding carboxylic acids is 1. The van der Waals surface area contributed by atoms with Crippen molar-refractivity contribution in [3.05, 3.63) is 28.8 Å². The molecule has 0 spiro atoms. The third-order valence-corrected chi connectivity index (χ3v) is 3.88. The number of hydrogen-bond donors (Lipinski definition) is 3. The Bertz CT molecular complexity index is 456. The third-order valence-electron chi connectivity index (χ3n) is 3.64. The van der Waals surface area contributed by atoms with Gasteiger partial charge in [-0.05, 0) is 49.8 Å². The molecule has 1 aliphatic carbocycles. The maximum absolute atomic E-state index is 12.1. The Morgan fingerprint density at radius 2 is 2.00 bits per heavy atom. The van der Waals surface area contributed by atoms with E-state index >= 15 is 0 Å². The van der Waals surface area contributed by atoms with Crippen molar-refractivity contribution < 1.29 is 15.0 Å². The fraction of sp³-hybridized carbons (Fsp3) is 0.500. The number of aromatic hydroxyl groups is 1. The van der Waals surface area contributed by atoms with Gasteiger partial charge in [-0.25, -0.2) is 0 Å². The molecule has 3 N–H and O–H groups in total. The summed E-state index contributed by atoms with van der Waals surface area (Å²) in [7, 11) is 0. The summed E-state index contributed by atoms with van der Waals surface area (Å²) in [5.74, 6) is -0.00822. The highest BCUT2D eigenvalue weighted by atomic mass is 35.5. The van der Waals surface area contributed by atoms with E-state index in [1.807, 2.05) is 0 Å². The van der Waals surface area contributed by atoms with Gasteiger partial charge in [-0.2, -0.15) is 0 Å². The Hall–Kier alpha value is -1.26. The van der Waals surface area contributed by atoms with Gasteiger partial charge in [-0.15, -0.1) is 0 Å². The molecule has 0 radical (unpaired) electrons. The maximum atomic E-state index is 12.1. The van der Waals surface area contributed by atoms with Crippen LogP contribution in [0, 0.1) is 5.92 Å². The molecule has 19 heavy (non-hydrogen) atoms. The first kappa shape index (κ1) is 14.2. The minimum Gasteiger partial charge on any atom is -0.507 e. The number of nitrogens with one attached hydrogen (secondary N) is 1. The van der Waals surface area contributed by atoms with Crippen molar-refractivity contribution in [2.45, 2.75) is 31.7 Å². The summed E-state index contributed by atoms with van der Waals surface area (Å²) in [5, 5.41) is 22.1. The monoisotopic (exact) mass is 283 g/mol. The number of halogens is 1. The van der Waals surface area contributed by atoms with E-state index in [-0.39, 0.29) is 29.9 Å². The van der Waals surface area contributed by atoms with Crippen LogP contribution in [0.3, 0.4) is 0 Å². The fourth-order valence-electron chi connectivity index (χ4n) is 2.44. The minimum absolute atomic E-state index is 0.0639. The lowest BCUT2D eigenvalue weighted by Gasteiger charge is -2.28. The lowest BCUT2D eigenvalue weighted by molar-refractivity contribution is 0.0911. The number of aliphatic hydroxyl groups excluding tert-OH is 1. The summed E-state index contributed by atoms with van der Waals surface area (Å²) in [6.45, 7) is 0.218. The van der Waals surface area contributed by atoms with E-state index in [9.17, 15) is 9.90 Å². The lowest BCUT2D eigenvalue weighted by Crippen LogP contribution is -2.38. The molecule has 1 aliphatic rings. The number of amides is 1. The first-order chi connectivity index (χ1) is 9.10. The summed E-state index contributed by atoms with van der Waals surface area (Å²) in [6, 6.07) is 4.53. The summed E-state index contributed by atoms with van der Waals surface area (Å²) in [5.41, 5.74) is 0.205. The number of carbonyl (C=O) groups is 1. The number of phenolic OH excluding ortho intramolecular Hbond substituents is 1. The van der Waals surface area contributed by atoms with Crippen molar-refractivity contribution in [1.29, 1.82) is 0 Å². The second-order valence-corrected chi connectivity index (χ2v) is 5.47. The molecule has 4 nitrogen and oxygen atoms in total. The van der Waals surface area contributed by atoms with Crippen molar-refractivity contribution in [3.63, 3.8) is 0 Å². The molecule has 0 atom stereocenters. The lowest BCUT2D eigenvalue weighted by atomic mass is 9.86. The van der Waals surface area contributed by atoms with Gasteiger partial charge in [-0.1, -0.05) is 11.6 Å². The van der Waals surface area contributed by atoms with Crippen LogP contribution in [0.5, 0.6) is 5.75 Å². The number of benzene rings is 1. The summed E-state index contributed by atoms with van der Waals surface area (Å²) in [4.78, 5) is 12.1. The Morgan fingerprint density at radius 1 is 1.32 bits per heavy atom. The molecule has 1 aromatic carbocycles. The van der Waals surface area contributed by atoms with E-state index in [0.717, 1.165) is 25.7 Å². The Kier molecular flexibility index (Phi) is 4.66. The van der Waals surface area contributed by atoms with Gasteiger partial charge in [0.15, 0.2) is 0 Å². The van der Waals surface area contributed by atoms with E-state index in [1.165, 1.54) is 12.1 Å². The van der Waals surface area contributed by atoms with E-state index < -0.39 is 0 Å². The predicted octanol–water partition coefficient (Wildman–Crippen LogP) is 2.33. The number of hydrogen-bond acceptors (Lipinski definition) is 3. The van der Waals surface area contributed by atoms with Gasteiger partial charge in [-0.3, -0.25) is 4.79 Å². The highest BCUT2D eigenvalue weighted by Gasteiger charge is 2.23. The van der Waals surface area contributed by atoms with E-state index in [0.29, 0.717) is 10.9 Å². The normalized spacial score (nSPS) is 23.1. The molecule has 0 saturated heterocycles. The van der Waals surface area contributed by atoms with Crippen LogP contribution in [0.25, 0.3) is 0 Å². The number of rotatable bonds is 3. The average Bonchev–Trinajstić information content (AvgIpc) is 2.42. The van der Waals surface area contributed by atoms with Crippen LogP contribution < -0.4 is 5.32 Å². The van der Waals surface area contributed by atoms with Crippen molar-refractivity contribution in [3.8, 4) is 5.75 Å². The van der Waals surface area contributed by atoms with Crippen LogP contribution in [0.4, 0.5) is 0 Å². The fourth-order valence-corrected chi connectivity index (χ4v) is 2.61. The molecule has 0 aliphatic heterocycles.